The molecule has 0 heterocycles. The number of oxime groups is 1. The van der Waals surface area contributed by atoms with Gasteiger partial charge in [0.2, 0.25) is 0 Å². The topological polar surface area (TPSA) is 32.6 Å². The minimum Gasteiger partial charge on any atom is -0.410 e. The van der Waals surface area contributed by atoms with Gasteiger partial charge < -0.3 is 5.21 Å². The van der Waals surface area contributed by atoms with E-state index in [-0.39, 0.29) is 0 Å². The third-order valence-electron chi connectivity index (χ3n) is 1.98. The van der Waals surface area contributed by atoms with Crippen LogP contribution in [0.2, 0.25) is 0 Å². The molecule has 2 nitrogen and oxygen atoms in total. The van der Waals surface area contributed by atoms with Gasteiger partial charge in [-0.3, -0.25) is 0 Å². The molecule has 0 unspecified atom stereocenters. The summed E-state index contributed by atoms with van der Waals surface area (Å²) in [7, 11) is 0. The fraction of sp³-hybridized carbons (Fsp3) is 0.300. The highest BCUT2D eigenvalue weighted by atomic mass is 19.4. The predicted octanol–water partition coefficient (Wildman–Crippen LogP) is 3.54. The Balaban J connectivity index is 3.25. The van der Waals surface area contributed by atoms with E-state index in [0.717, 1.165) is 18.2 Å². The van der Waals surface area contributed by atoms with Crippen LogP contribution in [0.1, 0.15) is 18.1 Å². The molecule has 1 aromatic rings. The molecule has 0 spiro atoms. The molecule has 0 aliphatic carbocycles. The third-order valence-corrected chi connectivity index (χ3v) is 1.98. The average molecular weight is 253 g/mol. The maximum Gasteiger partial charge on any atom is 0.416 e. The summed E-state index contributed by atoms with van der Waals surface area (Å²) in [6.07, 6.45) is -4.64. The van der Waals surface area contributed by atoms with Crippen LogP contribution in [0, 0.1) is 0 Å². The van der Waals surface area contributed by atoms with Crippen LogP contribution in [0.25, 0.3) is 0 Å². The zero-order chi connectivity index (χ0) is 13.3. The van der Waals surface area contributed by atoms with Gasteiger partial charge in [-0.2, -0.15) is 22.0 Å². The molecule has 17 heavy (non-hydrogen) atoms. The standard InChI is InChI=1S/C10H8F5NO/c1-9(11,12)8(16-17)6-3-2-4-7(5-6)10(13,14)15/h2-5,17H,1H3. The van der Waals surface area contributed by atoms with Gasteiger partial charge in [0.1, 0.15) is 0 Å². The molecular formula is C10H8F5NO. The fourth-order valence-electron chi connectivity index (χ4n) is 1.24. The van der Waals surface area contributed by atoms with Crippen LogP contribution >= 0.6 is 0 Å². The van der Waals surface area contributed by atoms with E-state index >= 15 is 0 Å². The first kappa shape index (κ1) is 13.4. The van der Waals surface area contributed by atoms with Crippen LogP contribution < -0.4 is 0 Å². The number of halogens is 5. The van der Waals surface area contributed by atoms with Crippen molar-refractivity contribution < 1.29 is 27.2 Å². The van der Waals surface area contributed by atoms with Crippen molar-refractivity contribution in [2.75, 3.05) is 0 Å². The van der Waals surface area contributed by atoms with E-state index in [2.05, 4.69) is 5.16 Å². The summed E-state index contributed by atoms with van der Waals surface area (Å²) in [5, 5.41) is 10.8. The highest BCUT2D eigenvalue weighted by molar-refractivity contribution is 6.05. The summed E-state index contributed by atoms with van der Waals surface area (Å²) >= 11 is 0. The Kier molecular flexibility index (Phi) is 3.40. The molecule has 0 saturated carbocycles. The van der Waals surface area contributed by atoms with Crippen molar-refractivity contribution in [2.45, 2.75) is 19.0 Å². The predicted molar refractivity (Wildman–Crippen MR) is 50.4 cm³/mol. The highest BCUT2D eigenvalue weighted by Gasteiger charge is 2.35. The number of rotatable bonds is 2. The van der Waals surface area contributed by atoms with Gasteiger partial charge in [0.15, 0.2) is 5.71 Å². The molecule has 0 amide bonds. The van der Waals surface area contributed by atoms with Gasteiger partial charge in [-0.05, 0) is 12.1 Å². The molecule has 7 heteroatoms. The van der Waals surface area contributed by atoms with Crippen molar-refractivity contribution in [1.29, 1.82) is 0 Å². The Morgan fingerprint density at radius 3 is 2.18 bits per heavy atom. The molecule has 0 radical (unpaired) electrons. The van der Waals surface area contributed by atoms with Gasteiger partial charge in [-0.25, -0.2) is 0 Å². The summed E-state index contributed by atoms with van der Waals surface area (Å²) in [6, 6.07) is 3.23. The van der Waals surface area contributed by atoms with Gasteiger partial charge in [-0.15, -0.1) is 0 Å². The molecule has 0 aromatic heterocycles. The minimum atomic E-state index is -4.64. The lowest BCUT2D eigenvalue weighted by molar-refractivity contribution is -0.137. The summed E-state index contributed by atoms with van der Waals surface area (Å²) < 4.78 is 62.9. The van der Waals surface area contributed by atoms with E-state index in [1.54, 1.807) is 0 Å². The molecule has 1 rings (SSSR count). The van der Waals surface area contributed by atoms with E-state index in [0.29, 0.717) is 13.0 Å². The van der Waals surface area contributed by atoms with Gasteiger partial charge in [-0.1, -0.05) is 17.3 Å². The normalized spacial score (nSPS) is 13.9. The molecule has 1 aromatic carbocycles. The van der Waals surface area contributed by atoms with Gasteiger partial charge in [0.05, 0.1) is 5.56 Å². The van der Waals surface area contributed by atoms with Crippen molar-refractivity contribution in [2.24, 2.45) is 5.16 Å². The minimum absolute atomic E-state index is 0.433. The lowest BCUT2D eigenvalue weighted by Crippen LogP contribution is -2.26. The van der Waals surface area contributed by atoms with Crippen LogP contribution in [0.4, 0.5) is 22.0 Å². The summed E-state index contributed by atoms with van der Waals surface area (Å²) in [5.74, 6) is -3.53. The Morgan fingerprint density at radius 1 is 1.18 bits per heavy atom. The van der Waals surface area contributed by atoms with Crippen LogP contribution in [-0.2, 0) is 6.18 Å². The van der Waals surface area contributed by atoms with E-state index in [4.69, 9.17) is 5.21 Å². The third kappa shape index (κ3) is 3.15. The van der Waals surface area contributed by atoms with Crippen LogP contribution in [0.15, 0.2) is 29.4 Å². The molecule has 0 fully saturated rings. The lowest BCUT2D eigenvalue weighted by atomic mass is 10.0. The first-order chi connectivity index (χ1) is 7.66. The van der Waals surface area contributed by atoms with E-state index in [1.165, 1.54) is 0 Å². The molecule has 0 saturated heterocycles. The van der Waals surface area contributed by atoms with Crippen LogP contribution in [0.5, 0.6) is 0 Å². The number of benzene rings is 1. The molecule has 0 bridgehead atoms. The van der Waals surface area contributed by atoms with Crippen molar-refractivity contribution in [1.82, 2.24) is 0 Å². The van der Waals surface area contributed by atoms with Crippen LogP contribution in [-0.4, -0.2) is 16.8 Å². The second kappa shape index (κ2) is 4.31. The Hall–Kier alpha value is -1.66. The van der Waals surface area contributed by atoms with E-state index in [9.17, 15) is 22.0 Å². The quantitative estimate of drug-likeness (QED) is 0.372. The number of alkyl halides is 5. The average Bonchev–Trinajstić information content (AvgIpc) is 2.15. The van der Waals surface area contributed by atoms with Crippen molar-refractivity contribution in [3.8, 4) is 0 Å². The molecular weight excluding hydrogens is 245 g/mol. The molecule has 0 atom stereocenters. The summed E-state index contributed by atoms with van der Waals surface area (Å²) in [6.45, 7) is 0.433. The van der Waals surface area contributed by atoms with Crippen molar-refractivity contribution >= 4 is 5.71 Å². The Bertz CT molecular complexity index is 433. The SMILES string of the molecule is CC(F)(F)C(=NO)c1cccc(C(F)(F)F)c1. The second-order valence-electron chi connectivity index (χ2n) is 3.42. The number of hydrogen-bond acceptors (Lipinski definition) is 2. The monoisotopic (exact) mass is 253 g/mol. The van der Waals surface area contributed by atoms with Gasteiger partial charge in [0.25, 0.3) is 5.92 Å². The lowest BCUT2D eigenvalue weighted by Gasteiger charge is -2.14. The van der Waals surface area contributed by atoms with E-state index in [1.807, 2.05) is 0 Å². The second-order valence-corrected chi connectivity index (χ2v) is 3.42. The zero-order valence-corrected chi connectivity index (χ0v) is 8.59. The Labute approximate surface area is 93.4 Å². The maximum absolute atomic E-state index is 12.9. The van der Waals surface area contributed by atoms with Gasteiger partial charge >= 0.3 is 6.18 Å². The van der Waals surface area contributed by atoms with Crippen LogP contribution in [0.3, 0.4) is 0 Å². The smallest absolute Gasteiger partial charge is 0.410 e. The first-order valence-corrected chi connectivity index (χ1v) is 4.44. The maximum atomic E-state index is 12.9. The largest absolute Gasteiger partial charge is 0.416 e. The highest BCUT2D eigenvalue weighted by Crippen LogP contribution is 2.31. The van der Waals surface area contributed by atoms with Gasteiger partial charge in [0, 0.05) is 12.5 Å². The van der Waals surface area contributed by atoms with Crippen molar-refractivity contribution in [3.05, 3.63) is 35.4 Å². The molecule has 0 aliphatic rings. The first-order valence-electron chi connectivity index (χ1n) is 4.44. The fourth-order valence-corrected chi connectivity index (χ4v) is 1.24. The summed E-state index contributed by atoms with van der Waals surface area (Å²) in [5.41, 5.74) is -2.67. The van der Waals surface area contributed by atoms with Crippen molar-refractivity contribution in [3.63, 3.8) is 0 Å². The number of hydrogen-bond donors (Lipinski definition) is 1. The molecule has 94 valence electrons. The Morgan fingerprint density at radius 2 is 1.76 bits per heavy atom. The molecule has 0 aliphatic heterocycles. The number of nitrogens with zero attached hydrogens (tertiary/aromatic N) is 1. The van der Waals surface area contributed by atoms with E-state index < -0.39 is 28.9 Å². The zero-order valence-electron chi connectivity index (χ0n) is 8.59. The summed E-state index contributed by atoms with van der Waals surface area (Å²) in [4.78, 5) is 0. The molecule has 1 N–H and O–H groups in total.